The van der Waals surface area contributed by atoms with Crippen LogP contribution in [0.4, 0.5) is 13.6 Å². The van der Waals surface area contributed by atoms with E-state index in [1.807, 2.05) is 0 Å². The van der Waals surface area contributed by atoms with Gasteiger partial charge in [0.25, 0.3) is 6.43 Å². The van der Waals surface area contributed by atoms with Crippen LogP contribution in [0.25, 0.3) is 0 Å². The molecule has 0 spiro atoms. The zero-order valence-electron chi connectivity index (χ0n) is 14.8. The molecule has 5 nitrogen and oxygen atoms in total. The minimum atomic E-state index is -2.62. The monoisotopic (exact) mass is 375 g/mol. The average molecular weight is 375 g/mol. The van der Waals surface area contributed by atoms with E-state index in [9.17, 15) is 18.4 Å². The van der Waals surface area contributed by atoms with E-state index in [4.69, 9.17) is 9.47 Å². The highest BCUT2D eigenvalue weighted by molar-refractivity contribution is 7.14. The summed E-state index contributed by atoms with van der Waals surface area (Å²) in [6, 6.07) is 1.40. The van der Waals surface area contributed by atoms with Gasteiger partial charge in [-0.15, -0.1) is 11.3 Å². The summed E-state index contributed by atoms with van der Waals surface area (Å²) in [5.74, 6) is -0.655. The van der Waals surface area contributed by atoms with Crippen LogP contribution in [0.1, 0.15) is 66.1 Å². The van der Waals surface area contributed by atoms with Crippen molar-refractivity contribution in [2.45, 2.75) is 51.6 Å². The molecule has 1 fully saturated rings. The van der Waals surface area contributed by atoms with Gasteiger partial charge in [-0.25, -0.2) is 18.4 Å². The number of methoxy groups -OCH3 is 1. The summed E-state index contributed by atoms with van der Waals surface area (Å²) in [5, 5.41) is 0. The lowest BCUT2D eigenvalue weighted by Crippen LogP contribution is -2.41. The second-order valence-electron chi connectivity index (χ2n) is 6.97. The molecule has 1 aromatic rings. The molecule has 1 saturated heterocycles. The third-order valence-electron chi connectivity index (χ3n) is 3.95. The first-order chi connectivity index (χ1) is 11.6. The number of hydrogen-bond acceptors (Lipinski definition) is 5. The highest BCUT2D eigenvalue weighted by Gasteiger charge is 2.31. The molecule has 0 unspecified atom stereocenters. The summed E-state index contributed by atoms with van der Waals surface area (Å²) < 4.78 is 36.1. The maximum atomic E-state index is 13.0. The number of nitrogens with zero attached hydrogens (tertiary/aromatic N) is 1. The third-order valence-corrected chi connectivity index (χ3v) is 5.09. The van der Waals surface area contributed by atoms with Crippen LogP contribution in [-0.4, -0.2) is 42.8 Å². The zero-order chi connectivity index (χ0) is 18.8. The van der Waals surface area contributed by atoms with Crippen LogP contribution in [0.5, 0.6) is 0 Å². The van der Waals surface area contributed by atoms with Crippen molar-refractivity contribution in [3.8, 4) is 0 Å². The maximum Gasteiger partial charge on any atom is 0.410 e. The molecule has 140 valence electrons. The molecule has 25 heavy (non-hydrogen) atoms. The highest BCUT2D eigenvalue weighted by Crippen LogP contribution is 2.38. The standard InChI is InChI=1S/C17H23F2NO4S/c1-17(2,3)24-16(22)20-7-5-10(6-8-20)11-9-12(14(18)19)25-13(11)15(21)23-4/h9-10,14H,5-8H2,1-4H3. The Balaban J connectivity index is 2.10. The minimum Gasteiger partial charge on any atom is -0.465 e. The van der Waals surface area contributed by atoms with E-state index in [2.05, 4.69) is 0 Å². The molecule has 0 saturated carbocycles. The first-order valence-corrected chi connectivity index (χ1v) is 8.92. The maximum absolute atomic E-state index is 13.0. The van der Waals surface area contributed by atoms with Crippen molar-refractivity contribution in [2.24, 2.45) is 0 Å². The second kappa shape index (κ2) is 7.68. The Morgan fingerprint density at radius 3 is 2.36 bits per heavy atom. The van der Waals surface area contributed by atoms with E-state index < -0.39 is 18.0 Å². The van der Waals surface area contributed by atoms with E-state index >= 15 is 0 Å². The molecule has 0 aliphatic carbocycles. The first kappa shape index (κ1) is 19.6. The van der Waals surface area contributed by atoms with Crippen LogP contribution in [0.15, 0.2) is 6.07 Å². The van der Waals surface area contributed by atoms with E-state index in [1.54, 1.807) is 25.7 Å². The summed E-state index contributed by atoms with van der Waals surface area (Å²) in [6.45, 7) is 6.33. The lowest BCUT2D eigenvalue weighted by Gasteiger charge is -2.33. The van der Waals surface area contributed by atoms with Gasteiger partial charge in [0.15, 0.2) is 0 Å². The van der Waals surface area contributed by atoms with Gasteiger partial charge in [-0.1, -0.05) is 0 Å². The molecule has 0 radical (unpaired) electrons. The second-order valence-corrected chi connectivity index (χ2v) is 8.05. The fourth-order valence-corrected chi connectivity index (χ4v) is 3.81. The molecule has 0 bridgehead atoms. The molecule has 0 aromatic carbocycles. The number of esters is 1. The highest BCUT2D eigenvalue weighted by atomic mass is 32.1. The fraction of sp³-hybridized carbons (Fsp3) is 0.647. The molecule has 1 aliphatic rings. The molecular weight excluding hydrogens is 352 g/mol. The number of halogens is 2. The molecule has 8 heteroatoms. The normalized spacial score (nSPS) is 16.2. The molecule has 2 rings (SSSR count). The predicted molar refractivity (Wildman–Crippen MR) is 90.4 cm³/mol. The van der Waals surface area contributed by atoms with Crippen molar-refractivity contribution < 1.29 is 27.8 Å². The Morgan fingerprint density at radius 1 is 1.28 bits per heavy atom. The zero-order valence-corrected chi connectivity index (χ0v) is 15.6. The lowest BCUT2D eigenvalue weighted by atomic mass is 9.89. The number of carbonyl (C=O) groups is 2. The van der Waals surface area contributed by atoms with Crippen LogP contribution in [0.2, 0.25) is 0 Å². The number of carbonyl (C=O) groups excluding carboxylic acids is 2. The van der Waals surface area contributed by atoms with Gasteiger partial charge < -0.3 is 14.4 Å². The van der Waals surface area contributed by atoms with Crippen molar-refractivity contribution in [1.82, 2.24) is 4.90 Å². The van der Waals surface area contributed by atoms with Crippen LogP contribution in [0.3, 0.4) is 0 Å². The van der Waals surface area contributed by atoms with E-state index in [-0.39, 0.29) is 21.8 Å². The Bertz CT molecular complexity index is 631. The largest absolute Gasteiger partial charge is 0.465 e. The van der Waals surface area contributed by atoms with Gasteiger partial charge in [0.2, 0.25) is 0 Å². The number of ether oxygens (including phenoxy) is 2. The number of piperidine rings is 1. The van der Waals surface area contributed by atoms with Gasteiger partial charge in [-0.05, 0) is 51.2 Å². The topological polar surface area (TPSA) is 55.8 Å². The van der Waals surface area contributed by atoms with E-state index in [0.717, 1.165) is 11.3 Å². The van der Waals surface area contributed by atoms with E-state index in [1.165, 1.54) is 13.2 Å². The van der Waals surface area contributed by atoms with Crippen molar-refractivity contribution in [1.29, 1.82) is 0 Å². The minimum absolute atomic E-state index is 0.0588. The number of alkyl halides is 2. The molecule has 0 N–H and O–H groups in total. The summed E-state index contributed by atoms with van der Waals surface area (Å²) >= 11 is 0.779. The predicted octanol–water partition coefficient (Wildman–Crippen LogP) is 4.59. The lowest BCUT2D eigenvalue weighted by molar-refractivity contribution is 0.0203. The van der Waals surface area contributed by atoms with Crippen molar-refractivity contribution >= 4 is 23.4 Å². The van der Waals surface area contributed by atoms with Crippen molar-refractivity contribution in [2.75, 3.05) is 20.2 Å². The average Bonchev–Trinajstić information content (AvgIpc) is 2.98. The Hall–Kier alpha value is -1.70. The quantitative estimate of drug-likeness (QED) is 0.725. The van der Waals surface area contributed by atoms with Crippen LogP contribution in [0, 0.1) is 0 Å². The number of likely N-dealkylation sites (tertiary alicyclic amines) is 1. The van der Waals surface area contributed by atoms with Gasteiger partial charge >= 0.3 is 12.1 Å². The molecule has 1 amide bonds. The van der Waals surface area contributed by atoms with Gasteiger partial charge in [-0.3, -0.25) is 0 Å². The fourth-order valence-electron chi connectivity index (χ4n) is 2.79. The van der Waals surface area contributed by atoms with E-state index in [0.29, 0.717) is 31.5 Å². The Kier molecular flexibility index (Phi) is 6.03. The summed E-state index contributed by atoms with van der Waals surface area (Å²) in [6.07, 6.45) is -1.83. The Labute approximate surface area is 149 Å². The van der Waals surface area contributed by atoms with Gasteiger partial charge in [0, 0.05) is 13.1 Å². The van der Waals surface area contributed by atoms with Gasteiger partial charge in [0.05, 0.1) is 12.0 Å². The van der Waals surface area contributed by atoms with Gasteiger partial charge in [0.1, 0.15) is 10.5 Å². The number of thiophene rings is 1. The van der Waals surface area contributed by atoms with Crippen LogP contribution >= 0.6 is 11.3 Å². The van der Waals surface area contributed by atoms with Crippen LogP contribution < -0.4 is 0 Å². The summed E-state index contributed by atoms with van der Waals surface area (Å²) in [5.41, 5.74) is 0.0295. The number of hydrogen-bond donors (Lipinski definition) is 0. The number of amides is 1. The van der Waals surface area contributed by atoms with Crippen molar-refractivity contribution in [3.05, 3.63) is 21.4 Å². The third kappa shape index (κ3) is 4.90. The first-order valence-electron chi connectivity index (χ1n) is 8.10. The summed E-state index contributed by atoms with van der Waals surface area (Å²) in [4.78, 5) is 25.7. The molecule has 1 aromatic heterocycles. The smallest absolute Gasteiger partial charge is 0.410 e. The SMILES string of the molecule is COC(=O)c1sc(C(F)F)cc1C1CCN(C(=O)OC(C)(C)C)CC1. The Morgan fingerprint density at radius 2 is 1.88 bits per heavy atom. The molecule has 2 heterocycles. The number of rotatable bonds is 3. The molecular formula is C17H23F2NO4S. The van der Waals surface area contributed by atoms with Crippen molar-refractivity contribution in [3.63, 3.8) is 0 Å². The molecule has 0 atom stereocenters. The van der Waals surface area contributed by atoms with Gasteiger partial charge in [-0.2, -0.15) is 0 Å². The molecule has 1 aliphatic heterocycles. The van der Waals surface area contributed by atoms with Crippen LogP contribution in [-0.2, 0) is 9.47 Å². The summed E-state index contributed by atoms with van der Waals surface area (Å²) in [7, 11) is 1.24.